The quantitative estimate of drug-likeness (QED) is 0.494. The van der Waals surface area contributed by atoms with E-state index in [0.29, 0.717) is 0 Å². The van der Waals surface area contributed by atoms with Crippen molar-refractivity contribution in [1.82, 2.24) is 0 Å². The Bertz CT molecular complexity index is 397. The third-order valence-electron chi connectivity index (χ3n) is 2.40. The minimum Gasteiger partial charge on any atom is -0.481 e. The average molecular weight is 212 g/mol. The molecule has 15 heavy (non-hydrogen) atoms. The molecule has 0 aromatic heterocycles. The topological polar surface area (TPSA) is 127 Å². The van der Waals surface area contributed by atoms with Crippen molar-refractivity contribution in [2.24, 2.45) is 16.9 Å². The Kier molecular flexibility index (Phi) is 2.44. The zero-order chi connectivity index (χ0) is 11.8. The van der Waals surface area contributed by atoms with Crippen LogP contribution in [0.15, 0.2) is 23.0 Å². The molecule has 0 aromatic rings. The third kappa shape index (κ3) is 1.78. The standard InChI is InChI=1S/C9H12N2O4/c1-9(8(14)15)2-4(7(12)13)6(11)5(10)3-9/h3H,2,10-11H2,1H3,(H,12,13)(H,14,15). The number of carboxylic acid groups (broad SMARTS) is 2. The predicted molar refractivity (Wildman–Crippen MR) is 51.5 cm³/mol. The summed E-state index contributed by atoms with van der Waals surface area (Å²) in [4.78, 5) is 21.7. The highest BCUT2D eigenvalue weighted by Crippen LogP contribution is 2.34. The van der Waals surface area contributed by atoms with E-state index in [4.69, 9.17) is 21.7 Å². The second-order valence-electron chi connectivity index (χ2n) is 3.70. The molecule has 82 valence electrons. The van der Waals surface area contributed by atoms with Crippen LogP contribution in [0.25, 0.3) is 0 Å². The summed E-state index contributed by atoms with van der Waals surface area (Å²) in [5.41, 5.74) is 9.42. The molecule has 0 aromatic carbocycles. The van der Waals surface area contributed by atoms with Gasteiger partial charge in [-0.25, -0.2) is 4.79 Å². The van der Waals surface area contributed by atoms with Crippen molar-refractivity contribution < 1.29 is 19.8 Å². The van der Waals surface area contributed by atoms with E-state index in [9.17, 15) is 9.59 Å². The molecule has 0 saturated carbocycles. The first-order valence-electron chi connectivity index (χ1n) is 4.22. The fourth-order valence-corrected chi connectivity index (χ4v) is 1.44. The number of hydrogen-bond donors (Lipinski definition) is 4. The van der Waals surface area contributed by atoms with Crippen LogP contribution in [0.3, 0.4) is 0 Å². The first-order valence-corrected chi connectivity index (χ1v) is 4.22. The molecule has 6 N–H and O–H groups in total. The molecule has 0 heterocycles. The van der Waals surface area contributed by atoms with Gasteiger partial charge in [-0.3, -0.25) is 4.79 Å². The number of carbonyl (C=O) groups is 2. The van der Waals surface area contributed by atoms with Crippen LogP contribution in [-0.2, 0) is 9.59 Å². The summed E-state index contributed by atoms with van der Waals surface area (Å²) in [6, 6.07) is 0. The fourth-order valence-electron chi connectivity index (χ4n) is 1.44. The summed E-state index contributed by atoms with van der Waals surface area (Å²) in [5, 5.41) is 17.8. The van der Waals surface area contributed by atoms with Gasteiger partial charge in [0.05, 0.1) is 22.4 Å². The molecular formula is C9H12N2O4. The largest absolute Gasteiger partial charge is 0.481 e. The van der Waals surface area contributed by atoms with Crippen LogP contribution in [0.1, 0.15) is 13.3 Å². The van der Waals surface area contributed by atoms with Gasteiger partial charge >= 0.3 is 11.9 Å². The van der Waals surface area contributed by atoms with Gasteiger partial charge in [0.2, 0.25) is 0 Å². The van der Waals surface area contributed by atoms with Gasteiger partial charge in [-0.15, -0.1) is 0 Å². The molecule has 0 fully saturated rings. The monoisotopic (exact) mass is 212 g/mol. The van der Waals surface area contributed by atoms with E-state index >= 15 is 0 Å². The maximum Gasteiger partial charge on any atom is 0.333 e. The van der Waals surface area contributed by atoms with Crippen LogP contribution in [-0.4, -0.2) is 22.2 Å². The lowest BCUT2D eigenvalue weighted by molar-refractivity contribution is -0.145. The van der Waals surface area contributed by atoms with Crippen molar-refractivity contribution in [3.63, 3.8) is 0 Å². The molecular weight excluding hydrogens is 200 g/mol. The van der Waals surface area contributed by atoms with E-state index in [-0.39, 0.29) is 23.4 Å². The van der Waals surface area contributed by atoms with E-state index in [1.165, 1.54) is 13.0 Å². The molecule has 1 atom stereocenters. The highest BCUT2D eigenvalue weighted by Gasteiger charge is 2.38. The van der Waals surface area contributed by atoms with E-state index in [1.807, 2.05) is 0 Å². The lowest BCUT2D eigenvalue weighted by Crippen LogP contribution is -2.34. The lowest BCUT2D eigenvalue weighted by Gasteiger charge is -2.27. The van der Waals surface area contributed by atoms with Crippen LogP contribution >= 0.6 is 0 Å². The average Bonchev–Trinajstić information content (AvgIpc) is 2.10. The summed E-state index contributed by atoms with van der Waals surface area (Å²) >= 11 is 0. The van der Waals surface area contributed by atoms with Crippen molar-refractivity contribution in [2.45, 2.75) is 13.3 Å². The summed E-state index contributed by atoms with van der Waals surface area (Å²) < 4.78 is 0. The molecule has 6 nitrogen and oxygen atoms in total. The predicted octanol–water partition coefficient (Wildman–Crippen LogP) is -0.379. The molecule has 6 heteroatoms. The molecule has 0 bridgehead atoms. The Morgan fingerprint density at radius 2 is 1.93 bits per heavy atom. The number of nitrogens with two attached hydrogens (primary N) is 2. The summed E-state index contributed by atoms with van der Waals surface area (Å²) in [7, 11) is 0. The van der Waals surface area contributed by atoms with Crippen molar-refractivity contribution in [3.8, 4) is 0 Å². The van der Waals surface area contributed by atoms with Gasteiger partial charge in [-0.05, 0) is 13.0 Å². The normalized spacial score (nSPS) is 26.1. The number of rotatable bonds is 2. The van der Waals surface area contributed by atoms with E-state index < -0.39 is 17.4 Å². The van der Waals surface area contributed by atoms with Gasteiger partial charge in [-0.2, -0.15) is 0 Å². The van der Waals surface area contributed by atoms with Crippen molar-refractivity contribution in [2.75, 3.05) is 0 Å². The molecule has 1 rings (SSSR count). The Morgan fingerprint density at radius 1 is 1.40 bits per heavy atom. The van der Waals surface area contributed by atoms with Gasteiger partial charge in [0.15, 0.2) is 0 Å². The molecule has 1 aliphatic rings. The van der Waals surface area contributed by atoms with Gasteiger partial charge in [0.25, 0.3) is 0 Å². The van der Waals surface area contributed by atoms with E-state index in [1.54, 1.807) is 0 Å². The second kappa shape index (κ2) is 3.30. The van der Waals surface area contributed by atoms with Gasteiger partial charge in [0.1, 0.15) is 0 Å². The third-order valence-corrected chi connectivity index (χ3v) is 2.40. The SMILES string of the molecule is CC1(C(=O)O)C=C(N)C(N)=C(C(=O)O)C1. The Hall–Kier alpha value is -1.98. The van der Waals surface area contributed by atoms with Gasteiger partial charge < -0.3 is 21.7 Å². The first kappa shape index (κ1) is 11.1. The van der Waals surface area contributed by atoms with E-state index in [2.05, 4.69) is 0 Å². The van der Waals surface area contributed by atoms with E-state index in [0.717, 1.165) is 0 Å². The van der Waals surface area contributed by atoms with Crippen LogP contribution in [0.2, 0.25) is 0 Å². The minimum atomic E-state index is -1.30. The number of carboxylic acids is 2. The molecule has 0 amide bonds. The second-order valence-corrected chi connectivity index (χ2v) is 3.70. The van der Waals surface area contributed by atoms with Crippen LogP contribution in [0.5, 0.6) is 0 Å². The first-order chi connectivity index (χ1) is 6.78. The van der Waals surface area contributed by atoms with Crippen molar-refractivity contribution in [3.05, 3.63) is 23.0 Å². The van der Waals surface area contributed by atoms with Crippen LogP contribution in [0, 0.1) is 5.41 Å². The summed E-state index contributed by atoms with van der Waals surface area (Å²) in [5.74, 6) is -2.37. The van der Waals surface area contributed by atoms with Crippen LogP contribution < -0.4 is 11.5 Å². The maximum atomic E-state index is 10.9. The zero-order valence-electron chi connectivity index (χ0n) is 8.15. The maximum absolute atomic E-state index is 10.9. The van der Waals surface area contributed by atoms with Crippen molar-refractivity contribution >= 4 is 11.9 Å². The molecule has 0 aliphatic heterocycles. The Balaban J connectivity index is 3.23. The smallest absolute Gasteiger partial charge is 0.333 e. The molecule has 0 radical (unpaired) electrons. The summed E-state index contributed by atoms with van der Waals surface area (Å²) in [6.07, 6.45) is 1.11. The van der Waals surface area contributed by atoms with Gasteiger partial charge in [-0.1, -0.05) is 0 Å². The Labute approximate surface area is 85.9 Å². The molecule has 1 aliphatic carbocycles. The Morgan fingerprint density at radius 3 is 2.33 bits per heavy atom. The van der Waals surface area contributed by atoms with Crippen molar-refractivity contribution in [1.29, 1.82) is 0 Å². The highest BCUT2D eigenvalue weighted by molar-refractivity contribution is 5.91. The molecule has 0 spiro atoms. The zero-order valence-corrected chi connectivity index (χ0v) is 8.15. The minimum absolute atomic E-state index is 0.00329. The highest BCUT2D eigenvalue weighted by atomic mass is 16.4. The number of aliphatic carboxylic acids is 2. The lowest BCUT2D eigenvalue weighted by atomic mass is 9.78. The van der Waals surface area contributed by atoms with Crippen LogP contribution in [0.4, 0.5) is 0 Å². The molecule has 0 saturated heterocycles. The number of hydrogen-bond acceptors (Lipinski definition) is 4. The van der Waals surface area contributed by atoms with Gasteiger partial charge in [0, 0.05) is 6.42 Å². The summed E-state index contributed by atoms with van der Waals surface area (Å²) in [6.45, 7) is 1.40. The molecule has 1 unspecified atom stereocenters. The fraction of sp³-hybridized carbons (Fsp3) is 0.333.